The second-order valence-electron chi connectivity index (χ2n) is 4.07. The van der Waals surface area contributed by atoms with Crippen molar-refractivity contribution in [2.75, 3.05) is 18.9 Å². The average Bonchev–Trinajstić information content (AvgIpc) is 2.29. The maximum atomic E-state index is 12.3. The van der Waals surface area contributed by atoms with Crippen LogP contribution in [-0.2, 0) is 14.6 Å². The molecule has 4 nitrogen and oxygen atoms in total. The van der Waals surface area contributed by atoms with Crippen LogP contribution in [0, 0.1) is 0 Å². The van der Waals surface area contributed by atoms with Gasteiger partial charge in [0.1, 0.15) is 0 Å². The summed E-state index contributed by atoms with van der Waals surface area (Å²) in [5, 5.41) is -0.0685. The van der Waals surface area contributed by atoms with E-state index < -0.39 is 15.1 Å². The highest BCUT2D eigenvalue weighted by Gasteiger charge is 2.30. The molecule has 94 valence electrons. The van der Waals surface area contributed by atoms with Crippen molar-refractivity contribution >= 4 is 27.1 Å². The van der Waals surface area contributed by atoms with Gasteiger partial charge < -0.3 is 10.5 Å². The Morgan fingerprint density at radius 2 is 2.18 bits per heavy atom. The lowest BCUT2D eigenvalue weighted by molar-refractivity contribution is 0.0991. The Hall–Kier alpha value is -0.780. The van der Waals surface area contributed by atoms with Crippen LogP contribution in [0.25, 0.3) is 0 Å². The molecule has 1 fully saturated rings. The van der Waals surface area contributed by atoms with Crippen molar-refractivity contribution in [3.8, 4) is 0 Å². The maximum absolute atomic E-state index is 12.3. The topological polar surface area (TPSA) is 69.4 Å². The fraction of sp³-hybridized carbons (Fsp3) is 0.455. The van der Waals surface area contributed by atoms with Crippen LogP contribution in [0.1, 0.15) is 12.8 Å². The largest absolute Gasteiger partial charge is 0.398 e. The van der Waals surface area contributed by atoms with Crippen LogP contribution in [-0.4, -0.2) is 26.9 Å². The summed E-state index contributed by atoms with van der Waals surface area (Å²) in [6.45, 7) is 0.868. The average molecular weight is 276 g/mol. The molecule has 0 radical (unpaired) electrons. The Morgan fingerprint density at radius 1 is 1.41 bits per heavy atom. The number of halogens is 1. The molecule has 17 heavy (non-hydrogen) atoms. The minimum Gasteiger partial charge on any atom is -0.398 e. The van der Waals surface area contributed by atoms with Gasteiger partial charge in [0.05, 0.1) is 22.4 Å². The van der Waals surface area contributed by atoms with Gasteiger partial charge in [-0.15, -0.1) is 0 Å². The van der Waals surface area contributed by atoms with E-state index in [4.69, 9.17) is 22.1 Å². The van der Waals surface area contributed by atoms with Gasteiger partial charge >= 0.3 is 0 Å². The van der Waals surface area contributed by atoms with E-state index in [0.717, 1.165) is 6.42 Å². The van der Waals surface area contributed by atoms with Gasteiger partial charge in [-0.1, -0.05) is 11.6 Å². The summed E-state index contributed by atoms with van der Waals surface area (Å²) in [6, 6.07) is 4.45. The first-order valence-electron chi connectivity index (χ1n) is 5.38. The molecule has 1 saturated heterocycles. The summed E-state index contributed by atoms with van der Waals surface area (Å²) in [7, 11) is -3.42. The third kappa shape index (κ3) is 2.56. The molecule has 0 amide bonds. The zero-order chi connectivity index (χ0) is 12.5. The highest BCUT2D eigenvalue weighted by atomic mass is 35.5. The Morgan fingerprint density at radius 3 is 2.76 bits per heavy atom. The standard InChI is InChI=1S/C11H14ClNO3S/c12-8-3-4-11(10(13)6-8)17(14,15)9-2-1-5-16-7-9/h3-4,6,9H,1-2,5,7,13H2. The molecule has 1 aliphatic rings. The molecular formula is C11H14ClNO3S. The molecule has 0 aromatic heterocycles. The smallest absolute Gasteiger partial charge is 0.185 e. The second kappa shape index (κ2) is 4.84. The van der Waals surface area contributed by atoms with Crippen molar-refractivity contribution in [1.82, 2.24) is 0 Å². The van der Waals surface area contributed by atoms with Gasteiger partial charge in [0.2, 0.25) is 0 Å². The first-order chi connectivity index (χ1) is 8.01. The third-order valence-corrected chi connectivity index (χ3v) is 5.31. The summed E-state index contributed by atoms with van der Waals surface area (Å²) >= 11 is 5.75. The van der Waals surface area contributed by atoms with Crippen molar-refractivity contribution < 1.29 is 13.2 Å². The second-order valence-corrected chi connectivity index (χ2v) is 6.70. The predicted molar refractivity (Wildman–Crippen MR) is 66.9 cm³/mol. The maximum Gasteiger partial charge on any atom is 0.185 e. The Labute approximate surface area is 106 Å². The van der Waals surface area contributed by atoms with Crippen LogP contribution in [0.4, 0.5) is 5.69 Å². The van der Waals surface area contributed by atoms with Gasteiger partial charge in [-0.2, -0.15) is 0 Å². The SMILES string of the molecule is Nc1cc(Cl)ccc1S(=O)(=O)C1CCCOC1. The summed E-state index contributed by atoms with van der Waals surface area (Å²) in [5.41, 5.74) is 5.91. The molecule has 0 saturated carbocycles. The van der Waals surface area contributed by atoms with Crippen LogP contribution in [0.15, 0.2) is 23.1 Å². The van der Waals surface area contributed by atoms with E-state index in [1.165, 1.54) is 18.2 Å². The van der Waals surface area contributed by atoms with Crippen LogP contribution >= 0.6 is 11.6 Å². The van der Waals surface area contributed by atoms with E-state index in [1.54, 1.807) is 0 Å². The molecule has 1 atom stereocenters. The Balaban J connectivity index is 2.37. The number of ether oxygens (including phenoxy) is 1. The van der Waals surface area contributed by atoms with Crippen LogP contribution in [0.2, 0.25) is 5.02 Å². The number of hydrogen-bond donors (Lipinski definition) is 1. The van der Waals surface area contributed by atoms with Crippen molar-refractivity contribution in [3.05, 3.63) is 23.2 Å². The van der Waals surface area contributed by atoms with E-state index in [9.17, 15) is 8.42 Å². The van der Waals surface area contributed by atoms with E-state index in [0.29, 0.717) is 18.1 Å². The summed E-state index contributed by atoms with van der Waals surface area (Å²) in [6.07, 6.45) is 1.38. The summed E-state index contributed by atoms with van der Waals surface area (Å²) in [4.78, 5) is 0.150. The molecule has 0 spiro atoms. The molecule has 1 aliphatic heterocycles. The van der Waals surface area contributed by atoms with Gasteiger partial charge in [0.15, 0.2) is 9.84 Å². The molecule has 0 aliphatic carbocycles. The van der Waals surface area contributed by atoms with E-state index in [-0.39, 0.29) is 17.2 Å². The number of sulfone groups is 1. The zero-order valence-corrected chi connectivity index (χ0v) is 10.8. The van der Waals surface area contributed by atoms with Gasteiger partial charge in [-0.05, 0) is 31.0 Å². The van der Waals surface area contributed by atoms with E-state index in [1.807, 2.05) is 0 Å². The molecule has 0 bridgehead atoms. The molecule has 1 aromatic carbocycles. The fourth-order valence-corrected chi connectivity index (χ4v) is 3.85. The molecule has 1 unspecified atom stereocenters. The van der Waals surface area contributed by atoms with E-state index >= 15 is 0 Å². The van der Waals surface area contributed by atoms with E-state index in [2.05, 4.69) is 0 Å². The molecule has 1 heterocycles. The van der Waals surface area contributed by atoms with Crippen LogP contribution in [0.3, 0.4) is 0 Å². The predicted octanol–water partition coefficient (Wildman–Crippen LogP) is 1.87. The number of anilines is 1. The number of nitrogen functional groups attached to an aromatic ring is 1. The minimum absolute atomic E-state index is 0.150. The van der Waals surface area contributed by atoms with Crippen LogP contribution in [0.5, 0.6) is 0 Å². The number of rotatable bonds is 2. The number of hydrogen-bond acceptors (Lipinski definition) is 4. The quantitative estimate of drug-likeness (QED) is 0.837. The lowest BCUT2D eigenvalue weighted by Crippen LogP contribution is -2.31. The molecule has 2 N–H and O–H groups in total. The van der Waals surface area contributed by atoms with Crippen molar-refractivity contribution in [1.29, 1.82) is 0 Å². The Kier molecular flexibility index (Phi) is 3.61. The highest BCUT2D eigenvalue weighted by molar-refractivity contribution is 7.92. The normalized spacial score (nSPS) is 21.4. The third-order valence-electron chi connectivity index (χ3n) is 2.84. The fourth-order valence-electron chi connectivity index (χ4n) is 1.91. The lowest BCUT2D eigenvalue weighted by atomic mass is 10.2. The highest BCUT2D eigenvalue weighted by Crippen LogP contribution is 2.28. The zero-order valence-electron chi connectivity index (χ0n) is 9.23. The summed E-state index contributed by atoms with van der Waals surface area (Å²) in [5.74, 6) is 0. The van der Waals surface area contributed by atoms with Crippen molar-refractivity contribution in [2.24, 2.45) is 0 Å². The molecule has 6 heteroatoms. The van der Waals surface area contributed by atoms with Gasteiger partial charge in [0, 0.05) is 11.6 Å². The van der Waals surface area contributed by atoms with Crippen molar-refractivity contribution in [2.45, 2.75) is 23.0 Å². The molecular weight excluding hydrogens is 262 g/mol. The first-order valence-corrected chi connectivity index (χ1v) is 7.31. The summed E-state index contributed by atoms with van der Waals surface area (Å²) < 4.78 is 29.8. The monoisotopic (exact) mass is 275 g/mol. The minimum atomic E-state index is -3.42. The molecule has 2 rings (SSSR count). The number of nitrogens with two attached hydrogens (primary N) is 1. The van der Waals surface area contributed by atoms with Gasteiger partial charge in [0.25, 0.3) is 0 Å². The lowest BCUT2D eigenvalue weighted by Gasteiger charge is -2.22. The van der Waals surface area contributed by atoms with Crippen LogP contribution < -0.4 is 5.73 Å². The van der Waals surface area contributed by atoms with Gasteiger partial charge in [-0.25, -0.2) is 8.42 Å². The van der Waals surface area contributed by atoms with Gasteiger partial charge in [-0.3, -0.25) is 0 Å². The first kappa shape index (κ1) is 12.7. The van der Waals surface area contributed by atoms with Crippen molar-refractivity contribution in [3.63, 3.8) is 0 Å². The molecule has 1 aromatic rings. The number of benzene rings is 1. The Bertz CT molecular complexity index is 509.